The van der Waals surface area contributed by atoms with Crippen molar-refractivity contribution in [1.29, 1.82) is 0 Å². The fraction of sp³-hybridized carbons (Fsp3) is 0.167. The zero-order chi connectivity index (χ0) is 19.3. The monoisotopic (exact) mass is 379 g/mol. The summed E-state index contributed by atoms with van der Waals surface area (Å²) in [5, 5.41) is 0. The Morgan fingerprint density at radius 3 is 1.85 bits per heavy atom. The Kier molecular flexibility index (Phi) is 6.02. The molecule has 3 aromatic rings. The molecule has 0 bridgehead atoms. The van der Waals surface area contributed by atoms with E-state index >= 15 is 0 Å². The van der Waals surface area contributed by atoms with Crippen molar-refractivity contribution in [2.24, 2.45) is 0 Å². The first-order chi connectivity index (χ1) is 13.0. The van der Waals surface area contributed by atoms with Crippen LogP contribution < -0.4 is 4.74 Å². The molecule has 0 saturated carbocycles. The maximum atomic E-state index is 14.9. The van der Waals surface area contributed by atoms with Crippen LogP contribution in [0.2, 0.25) is 0 Å². The summed E-state index contributed by atoms with van der Waals surface area (Å²) >= 11 is 0. The lowest BCUT2D eigenvalue weighted by Crippen LogP contribution is -2.25. The number of benzene rings is 3. The topological polar surface area (TPSA) is 9.23 Å². The van der Waals surface area contributed by atoms with Gasteiger partial charge in [-0.05, 0) is 63.2 Å². The van der Waals surface area contributed by atoms with Gasteiger partial charge in [-0.15, -0.1) is 0 Å². The van der Waals surface area contributed by atoms with E-state index in [2.05, 4.69) is 24.3 Å². The summed E-state index contributed by atoms with van der Waals surface area (Å²) < 4.78 is 20.7. The average Bonchev–Trinajstić information content (AvgIpc) is 2.66. The van der Waals surface area contributed by atoms with Crippen LogP contribution in [0.4, 0.5) is 4.39 Å². The van der Waals surface area contributed by atoms with Crippen molar-refractivity contribution in [2.45, 2.75) is 41.1 Å². The number of hydrogen-bond donors (Lipinski definition) is 0. The molecule has 0 N–H and O–H groups in total. The van der Waals surface area contributed by atoms with Crippen molar-refractivity contribution in [3.8, 4) is 5.75 Å². The second kappa shape index (κ2) is 8.45. The molecule has 0 unspecified atom stereocenters. The zero-order valence-corrected chi connectivity index (χ0v) is 16.7. The largest absolute Gasteiger partial charge is 0.481 e. The smallest absolute Gasteiger partial charge is 0.170 e. The summed E-state index contributed by atoms with van der Waals surface area (Å²) in [6, 6.07) is 25.7. The molecule has 0 fully saturated rings. The molecule has 0 heterocycles. The maximum Gasteiger partial charge on any atom is 0.170 e. The van der Waals surface area contributed by atoms with Crippen LogP contribution >= 0.6 is 0 Å². The van der Waals surface area contributed by atoms with E-state index < -0.39 is 5.60 Å². The second-order valence-corrected chi connectivity index (χ2v) is 8.76. The third kappa shape index (κ3) is 4.81. The van der Waals surface area contributed by atoms with Crippen LogP contribution in [-0.2, 0) is 10.9 Å². The predicted molar refractivity (Wildman–Crippen MR) is 111 cm³/mol. The SMILES string of the molecule is C/C=C\C(C)(C)Oc1ccc([S+](c2ccccc2)c2ccccc2)cc1F. The van der Waals surface area contributed by atoms with Crippen LogP contribution in [0.3, 0.4) is 0 Å². The zero-order valence-electron chi connectivity index (χ0n) is 15.9. The molecular formula is C24H24FOS+. The van der Waals surface area contributed by atoms with Crippen molar-refractivity contribution in [2.75, 3.05) is 0 Å². The third-order valence-corrected chi connectivity index (χ3v) is 6.25. The molecule has 27 heavy (non-hydrogen) atoms. The summed E-state index contributed by atoms with van der Waals surface area (Å²) in [5.74, 6) is -0.0686. The van der Waals surface area contributed by atoms with Gasteiger partial charge < -0.3 is 4.74 Å². The molecule has 138 valence electrons. The summed E-state index contributed by atoms with van der Waals surface area (Å²) in [6.07, 6.45) is 3.83. The maximum absolute atomic E-state index is 14.9. The van der Waals surface area contributed by atoms with Gasteiger partial charge in [-0.3, -0.25) is 0 Å². The molecule has 0 atom stereocenters. The number of hydrogen-bond acceptors (Lipinski definition) is 1. The Morgan fingerprint density at radius 2 is 1.37 bits per heavy atom. The predicted octanol–water partition coefficient (Wildman–Crippen LogP) is 6.65. The first-order valence-corrected chi connectivity index (χ1v) is 10.2. The highest BCUT2D eigenvalue weighted by molar-refractivity contribution is 7.97. The van der Waals surface area contributed by atoms with Crippen molar-refractivity contribution >= 4 is 10.9 Å². The van der Waals surface area contributed by atoms with Crippen LogP contribution in [-0.4, -0.2) is 5.60 Å². The molecule has 0 radical (unpaired) electrons. The molecule has 1 nitrogen and oxygen atoms in total. The Hall–Kier alpha value is -2.52. The van der Waals surface area contributed by atoms with E-state index in [1.165, 1.54) is 0 Å². The van der Waals surface area contributed by atoms with Gasteiger partial charge >= 0.3 is 0 Å². The molecule has 0 aromatic heterocycles. The molecule has 0 spiro atoms. The molecule has 0 saturated heterocycles. The van der Waals surface area contributed by atoms with E-state index in [4.69, 9.17) is 4.74 Å². The lowest BCUT2D eigenvalue weighted by molar-refractivity contribution is 0.154. The minimum atomic E-state index is -0.558. The number of ether oxygens (including phenoxy) is 1. The summed E-state index contributed by atoms with van der Waals surface area (Å²) in [7, 11) is -0.369. The summed E-state index contributed by atoms with van der Waals surface area (Å²) in [5.41, 5.74) is -0.558. The fourth-order valence-corrected chi connectivity index (χ4v) is 5.03. The van der Waals surface area contributed by atoms with Gasteiger partial charge in [0.05, 0.1) is 10.9 Å². The van der Waals surface area contributed by atoms with Gasteiger partial charge in [0.1, 0.15) is 5.60 Å². The molecule has 3 rings (SSSR count). The van der Waals surface area contributed by atoms with Gasteiger partial charge in [0.2, 0.25) is 0 Å². The van der Waals surface area contributed by atoms with E-state index in [1.807, 2.05) is 75.4 Å². The van der Waals surface area contributed by atoms with Gasteiger partial charge in [0.15, 0.2) is 26.3 Å². The average molecular weight is 380 g/mol. The second-order valence-electron chi connectivity index (χ2n) is 6.73. The number of allylic oxidation sites excluding steroid dienone is 1. The van der Waals surface area contributed by atoms with E-state index in [0.29, 0.717) is 0 Å². The van der Waals surface area contributed by atoms with Crippen molar-refractivity contribution < 1.29 is 9.13 Å². The summed E-state index contributed by atoms with van der Waals surface area (Å²) in [6.45, 7) is 5.76. The fourth-order valence-electron chi connectivity index (χ4n) is 2.93. The van der Waals surface area contributed by atoms with Crippen LogP contribution in [0, 0.1) is 5.82 Å². The molecule has 0 aliphatic heterocycles. The Labute approximate surface area is 163 Å². The quantitative estimate of drug-likeness (QED) is 0.344. The molecular weight excluding hydrogens is 355 g/mol. The highest BCUT2D eigenvalue weighted by Crippen LogP contribution is 2.34. The summed E-state index contributed by atoms with van der Waals surface area (Å²) in [4.78, 5) is 3.25. The van der Waals surface area contributed by atoms with Crippen molar-refractivity contribution in [1.82, 2.24) is 0 Å². The lowest BCUT2D eigenvalue weighted by atomic mass is 10.1. The van der Waals surface area contributed by atoms with Gasteiger partial charge in [-0.1, -0.05) is 42.5 Å². The molecule has 3 heteroatoms. The van der Waals surface area contributed by atoms with Crippen LogP contribution in [0.25, 0.3) is 0 Å². The Bertz CT molecular complexity index is 865. The van der Waals surface area contributed by atoms with Gasteiger partial charge in [0, 0.05) is 6.07 Å². The Balaban J connectivity index is 2.00. The molecule has 0 aliphatic carbocycles. The van der Waals surface area contributed by atoms with E-state index in [-0.39, 0.29) is 22.5 Å². The van der Waals surface area contributed by atoms with Crippen LogP contribution in [0.5, 0.6) is 5.75 Å². The number of rotatable bonds is 6. The molecule has 0 amide bonds. The highest BCUT2D eigenvalue weighted by Gasteiger charge is 2.30. The first-order valence-electron chi connectivity index (χ1n) is 8.97. The lowest BCUT2D eigenvalue weighted by Gasteiger charge is -2.23. The van der Waals surface area contributed by atoms with Crippen LogP contribution in [0.15, 0.2) is 106 Å². The van der Waals surface area contributed by atoms with Gasteiger partial charge in [0.25, 0.3) is 0 Å². The van der Waals surface area contributed by atoms with E-state index in [9.17, 15) is 4.39 Å². The Morgan fingerprint density at radius 1 is 0.815 bits per heavy atom. The highest BCUT2D eigenvalue weighted by atomic mass is 32.2. The van der Waals surface area contributed by atoms with Crippen molar-refractivity contribution in [3.63, 3.8) is 0 Å². The minimum absolute atomic E-state index is 0.270. The number of halogens is 1. The van der Waals surface area contributed by atoms with E-state index in [1.54, 1.807) is 12.1 Å². The van der Waals surface area contributed by atoms with E-state index in [0.717, 1.165) is 14.7 Å². The normalized spacial score (nSPS) is 11.9. The molecule has 0 aliphatic rings. The molecule has 3 aromatic carbocycles. The third-order valence-electron chi connectivity index (χ3n) is 4.04. The standard InChI is InChI=1S/C24H24FOS/c1-4-17-24(2,3)26-23-16-15-21(18-22(23)25)27(19-11-7-5-8-12-19)20-13-9-6-10-14-20/h4-18H,1-3H3/q+1/b17-4-. The minimum Gasteiger partial charge on any atom is -0.481 e. The van der Waals surface area contributed by atoms with Crippen LogP contribution in [0.1, 0.15) is 20.8 Å². The van der Waals surface area contributed by atoms with Gasteiger partial charge in [-0.2, -0.15) is 0 Å². The van der Waals surface area contributed by atoms with Crippen molar-refractivity contribution in [3.05, 3.63) is 96.8 Å². The van der Waals surface area contributed by atoms with Gasteiger partial charge in [-0.25, -0.2) is 4.39 Å². The first kappa shape index (κ1) is 19.2.